The van der Waals surface area contributed by atoms with Crippen LogP contribution >= 0.6 is 23.2 Å². The van der Waals surface area contributed by atoms with Gasteiger partial charge in [0.2, 0.25) is 0 Å². The van der Waals surface area contributed by atoms with Crippen LogP contribution in [0.2, 0.25) is 5.02 Å². The lowest BCUT2D eigenvalue weighted by molar-refractivity contribution is -1.02. The molecular weight excluding hydrogens is 407 g/mol. The Morgan fingerprint density at radius 2 is 1.66 bits per heavy atom. The summed E-state index contributed by atoms with van der Waals surface area (Å²) in [5.41, 5.74) is 4.73. The number of quaternary nitrogens is 2. The first kappa shape index (κ1) is 21.5. The molecule has 29 heavy (non-hydrogen) atoms. The first-order valence-electron chi connectivity index (χ1n) is 9.75. The molecule has 7 heteroatoms. The predicted molar refractivity (Wildman–Crippen MR) is 118 cm³/mol. The Morgan fingerprint density at radius 3 is 2.38 bits per heavy atom. The smallest absolute Gasteiger partial charge is 0.295 e. The van der Waals surface area contributed by atoms with Crippen molar-refractivity contribution in [3.05, 3.63) is 75.8 Å². The Bertz CT molecular complexity index is 862. The van der Waals surface area contributed by atoms with E-state index in [0.29, 0.717) is 11.6 Å². The van der Waals surface area contributed by atoms with Gasteiger partial charge in [-0.05, 0) is 17.7 Å². The molecule has 0 spiro atoms. The number of benzene rings is 2. The number of hydrazone groups is 1. The van der Waals surface area contributed by atoms with Gasteiger partial charge in [0.05, 0.1) is 11.2 Å². The maximum Gasteiger partial charge on any atom is 0.295 e. The molecule has 0 saturated carbocycles. The summed E-state index contributed by atoms with van der Waals surface area (Å²) in [6, 6.07) is 17.7. The van der Waals surface area contributed by atoms with E-state index in [2.05, 4.69) is 16.6 Å². The third kappa shape index (κ3) is 7.29. The number of hydrogen-bond donors (Lipinski definition) is 3. The minimum atomic E-state index is -0.102. The number of nitrogens with one attached hydrogen (secondary N) is 3. The molecule has 0 radical (unpaired) electrons. The second-order valence-corrected chi connectivity index (χ2v) is 8.02. The van der Waals surface area contributed by atoms with Crippen LogP contribution in [0.1, 0.15) is 11.1 Å². The molecule has 1 fully saturated rings. The van der Waals surface area contributed by atoms with Crippen LogP contribution in [0, 0.1) is 0 Å². The predicted octanol–water partition coefficient (Wildman–Crippen LogP) is 1.01. The molecule has 1 amide bonds. The molecule has 0 aromatic heterocycles. The molecule has 1 aliphatic rings. The van der Waals surface area contributed by atoms with Gasteiger partial charge in [0.15, 0.2) is 6.54 Å². The number of carbonyl (C=O) groups is 1. The topological polar surface area (TPSA) is 50.3 Å². The van der Waals surface area contributed by atoms with Crippen molar-refractivity contribution in [3.63, 3.8) is 0 Å². The molecule has 0 unspecified atom stereocenters. The lowest BCUT2D eigenvalue weighted by Gasteiger charge is -2.29. The molecule has 152 valence electrons. The number of rotatable bonds is 7. The van der Waals surface area contributed by atoms with E-state index in [1.165, 1.54) is 21.6 Å². The molecule has 2 aromatic rings. The highest BCUT2D eigenvalue weighted by atomic mass is 35.5. The number of hydrogen-bond acceptors (Lipinski definition) is 2. The van der Waals surface area contributed by atoms with E-state index in [1.54, 1.807) is 6.08 Å². The molecule has 3 N–H and O–H groups in total. The van der Waals surface area contributed by atoms with Crippen LogP contribution in [0.5, 0.6) is 0 Å². The fraction of sp³-hybridized carbons (Fsp3) is 0.273. The van der Waals surface area contributed by atoms with E-state index in [9.17, 15) is 4.79 Å². The van der Waals surface area contributed by atoms with Gasteiger partial charge in [-0.15, -0.1) is 0 Å². The standard InChI is InChI=1S/C22H24Cl2N4O/c23-20(14-18-6-2-1-3-7-18)15-25-26-22(29)17-28-12-10-27(11-13-28)16-19-8-4-5-9-21(19)24/h1-9,14-15H,10-13,16-17H2,(H,26,29)/p+2/b20-14-,25-15-. The molecule has 1 aliphatic heterocycles. The van der Waals surface area contributed by atoms with Gasteiger partial charge >= 0.3 is 0 Å². The summed E-state index contributed by atoms with van der Waals surface area (Å²) in [5, 5.41) is 5.24. The van der Waals surface area contributed by atoms with Crippen molar-refractivity contribution in [2.75, 3.05) is 32.7 Å². The minimum Gasteiger partial charge on any atom is -0.322 e. The zero-order chi connectivity index (χ0) is 20.5. The second kappa shape index (κ2) is 11.1. The zero-order valence-corrected chi connectivity index (χ0v) is 17.7. The summed E-state index contributed by atoms with van der Waals surface area (Å²) in [6.45, 7) is 5.27. The van der Waals surface area contributed by atoms with Crippen LogP contribution in [-0.2, 0) is 11.3 Å². The molecule has 5 nitrogen and oxygen atoms in total. The van der Waals surface area contributed by atoms with Gasteiger partial charge in [-0.3, -0.25) is 4.79 Å². The molecule has 0 bridgehead atoms. The van der Waals surface area contributed by atoms with Gasteiger partial charge in [0, 0.05) is 10.6 Å². The monoisotopic (exact) mass is 432 g/mol. The summed E-state index contributed by atoms with van der Waals surface area (Å²) < 4.78 is 0. The van der Waals surface area contributed by atoms with Crippen LogP contribution in [0.3, 0.4) is 0 Å². The summed E-state index contributed by atoms with van der Waals surface area (Å²) >= 11 is 12.4. The van der Waals surface area contributed by atoms with Crippen LogP contribution in [0.15, 0.2) is 64.7 Å². The second-order valence-electron chi connectivity index (χ2n) is 7.18. The van der Waals surface area contributed by atoms with E-state index in [1.807, 2.05) is 48.5 Å². The average molecular weight is 433 g/mol. The number of halogens is 2. The summed E-state index contributed by atoms with van der Waals surface area (Å²) in [6.07, 6.45) is 3.25. The maximum atomic E-state index is 12.1. The summed E-state index contributed by atoms with van der Waals surface area (Å²) in [4.78, 5) is 14.9. The number of amides is 1. The molecule has 0 atom stereocenters. The average Bonchev–Trinajstić information content (AvgIpc) is 2.72. The fourth-order valence-corrected chi connectivity index (χ4v) is 3.78. The Labute approximate surface area is 181 Å². The lowest BCUT2D eigenvalue weighted by Crippen LogP contribution is -3.28. The van der Waals surface area contributed by atoms with Crippen molar-refractivity contribution in [2.24, 2.45) is 5.10 Å². The number of allylic oxidation sites excluding steroid dienone is 1. The van der Waals surface area contributed by atoms with E-state index in [4.69, 9.17) is 23.2 Å². The van der Waals surface area contributed by atoms with Crippen molar-refractivity contribution < 1.29 is 14.6 Å². The van der Waals surface area contributed by atoms with Gasteiger partial charge in [0.25, 0.3) is 5.91 Å². The van der Waals surface area contributed by atoms with Crippen molar-refractivity contribution in [3.8, 4) is 0 Å². The Hall–Kier alpha value is -2.18. The Morgan fingerprint density at radius 1 is 1.00 bits per heavy atom. The van der Waals surface area contributed by atoms with Crippen LogP contribution < -0.4 is 15.2 Å². The highest BCUT2D eigenvalue weighted by molar-refractivity contribution is 6.41. The third-order valence-electron chi connectivity index (χ3n) is 4.95. The molecule has 3 rings (SSSR count). The molecule has 2 aromatic carbocycles. The fourth-order valence-electron chi connectivity index (χ4n) is 3.40. The minimum absolute atomic E-state index is 0.102. The van der Waals surface area contributed by atoms with E-state index >= 15 is 0 Å². The first-order chi connectivity index (χ1) is 14.1. The highest BCUT2D eigenvalue weighted by Crippen LogP contribution is 2.13. The maximum absolute atomic E-state index is 12.1. The van der Waals surface area contributed by atoms with Crippen molar-refractivity contribution in [1.29, 1.82) is 0 Å². The quantitative estimate of drug-likeness (QED) is 0.443. The van der Waals surface area contributed by atoms with Crippen molar-refractivity contribution >= 4 is 41.4 Å². The SMILES string of the molecule is O=C(C[NH+]1CC[NH+](Cc2ccccc2Cl)CC1)N/N=C\C(Cl)=C\c1ccccc1. The molecule has 0 aliphatic carbocycles. The largest absolute Gasteiger partial charge is 0.322 e. The van der Waals surface area contributed by atoms with Crippen molar-refractivity contribution in [2.45, 2.75) is 6.54 Å². The van der Waals surface area contributed by atoms with Gasteiger partial charge in [-0.25, -0.2) is 5.43 Å². The van der Waals surface area contributed by atoms with Gasteiger partial charge in [-0.1, -0.05) is 71.7 Å². The van der Waals surface area contributed by atoms with Crippen molar-refractivity contribution in [1.82, 2.24) is 5.43 Å². The van der Waals surface area contributed by atoms with Gasteiger partial charge in [0.1, 0.15) is 32.7 Å². The number of piperazine rings is 1. The summed E-state index contributed by atoms with van der Waals surface area (Å²) in [5.74, 6) is -0.102. The Balaban J connectivity index is 1.38. The van der Waals surface area contributed by atoms with E-state index in [0.717, 1.165) is 43.3 Å². The van der Waals surface area contributed by atoms with Gasteiger partial charge < -0.3 is 9.80 Å². The molecule has 1 heterocycles. The van der Waals surface area contributed by atoms with Gasteiger partial charge in [-0.2, -0.15) is 5.10 Å². The zero-order valence-electron chi connectivity index (χ0n) is 16.2. The number of nitrogens with zero attached hydrogens (tertiary/aromatic N) is 1. The number of carbonyl (C=O) groups excluding carboxylic acids is 1. The molecule has 1 saturated heterocycles. The first-order valence-corrected chi connectivity index (χ1v) is 10.5. The van der Waals surface area contributed by atoms with Crippen LogP contribution in [0.4, 0.5) is 0 Å². The summed E-state index contributed by atoms with van der Waals surface area (Å²) in [7, 11) is 0. The van der Waals surface area contributed by atoms with Crippen LogP contribution in [0.25, 0.3) is 6.08 Å². The van der Waals surface area contributed by atoms with Crippen LogP contribution in [-0.4, -0.2) is 44.8 Å². The van der Waals surface area contributed by atoms with E-state index in [-0.39, 0.29) is 5.91 Å². The third-order valence-corrected chi connectivity index (χ3v) is 5.53. The normalized spacial score (nSPS) is 20.0. The lowest BCUT2D eigenvalue weighted by atomic mass is 10.2. The van der Waals surface area contributed by atoms with E-state index < -0.39 is 0 Å². The highest BCUT2D eigenvalue weighted by Gasteiger charge is 2.25. The molecular formula is C22H26Cl2N4O+2. The Kier molecular flexibility index (Phi) is 8.25.